The first-order valence-electron chi connectivity index (χ1n) is 8.83. The van der Waals surface area contributed by atoms with Gasteiger partial charge in [-0.05, 0) is 31.2 Å². The van der Waals surface area contributed by atoms with Gasteiger partial charge in [-0.2, -0.15) is 0 Å². The first-order chi connectivity index (χ1) is 9.78. The highest BCUT2D eigenvalue weighted by molar-refractivity contribution is 4.88. The zero-order chi connectivity index (χ0) is 14.3. The summed E-state index contributed by atoms with van der Waals surface area (Å²) in [7, 11) is 0. The average molecular weight is 282 g/mol. The van der Waals surface area contributed by atoms with Crippen LogP contribution in [0.5, 0.6) is 0 Å². The molecular weight excluding hydrogens is 248 g/mol. The molecule has 3 nitrogen and oxygen atoms in total. The zero-order valence-electron chi connectivity index (χ0n) is 13.6. The highest BCUT2D eigenvalue weighted by Gasteiger charge is 2.34. The fourth-order valence-corrected chi connectivity index (χ4v) is 3.90. The Kier molecular flexibility index (Phi) is 6.79. The van der Waals surface area contributed by atoms with Crippen molar-refractivity contribution in [2.24, 2.45) is 5.41 Å². The molecule has 1 aliphatic heterocycles. The molecule has 2 rings (SSSR count). The Morgan fingerprint density at radius 1 is 1.15 bits per heavy atom. The monoisotopic (exact) mass is 282 g/mol. The molecule has 0 aromatic carbocycles. The van der Waals surface area contributed by atoms with E-state index in [1.54, 1.807) is 0 Å². The van der Waals surface area contributed by atoms with Gasteiger partial charge in [-0.15, -0.1) is 0 Å². The molecule has 0 spiro atoms. The maximum Gasteiger partial charge on any atom is 0.0700 e. The van der Waals surface area contributed by atoms with Crippen molar-refractivity contribution >= 4 is 0 Å². The predicted octanol–water partition coefficient (Wildman–Crippen LogP) is 3.05. The minimum atomic E-state index is 0.464. The third-order valence-corrected chi connectivity index (χ3v) is 5.15. The van der Waals surface area contributed by atoms with Gasteiger partial charge in [0.05, 0.1) is 12.7 Å². The second-order valence-electron chi connectivity index (χ2n) is 6.83. The number of rotatable bonds is 6. The van der Waals surface area contributed by atoms with Crippen LogP contribution in [0.25, 0.3) is 0 Å². The Morgan fingerprint density at radius 3 is 2.55 bits per heavy atom. The summed E-state index contributed by atoms with van der Waals surface area (Å²) in [5.74, 6) is 0. The van der Waals surface area contributed by atoms with Crippen LogP contribution in [0.1, 0.15) is 58.8 Å². The van der Waals surface area contributed by atoms with E-state index >= 15 is 0 Å². The Balaban J connectivity index is 1.94. The smallest absolute Gasteiger partial charge is 0.0700 e. The van der Waals surface area contributed by atoms with E-state index in [1.165, 1.54) is 51.6 Å². The molecule has 2 aliphatic rings. The van der Waals surface area contributed by atoms with Gasteiger partial charge in [-0.1, -0.05) is 39.5 Å². The molecule has 0 bridgehead atoms. The van der Waals surface area contributed by atoms with Crippen molar-refractivity contribution in [3.8, 4) is 0 Å². The van der Waals surface area contributed by atoms with Crippen molar-refractivity contribution in [3.63, 3.8) is 0 Å². The summed E-state index contributed by atoms with van der Waals surface area (Å²) in [6.45, 7) is 11.3. The van der Waals surface area contributed by atoms with Gasteiger partial charge in [0.25, 0.3) is 0 Å². The van der Waals surface area contributed by atoms with Gasteiger partial charge in [0.15, 0.2) is 0 Å². The number of hydrogen-bond donors (Lipinski definition) is 1. The molecule has 1 atom stereocenters. The quantitative estimate of drug-likeness (QED) is 0.758. The molecule has 1 saturated heterocycles. The standard InChI is InChI=1S/C17H34N2O/c1-3-16-13-19(11-12-20-16)15-17(14-18-4-2)9-7-5-6-8-10-17/h16,18H,3-15H2,1-2H3. The molecule has 0 aromatic rings. The van der Waals surface area contributed by atoms with Crippen molar-refractivity contribution in [2.75, 3.05) is 39.3 Å². The van der Waals surface area contributed by atoms with Crippen molar-refractivity contribution in [1.82, 2.24) is 10.2 Å². The number of nitrogens with one attached hydrogen (secondary N) is 1. The summed E-state index contributed by atoms with van der Waals surface area (Å²) >= 11 is 0. The van der Waals surface area contributed by atoms with Crippen molar-refractivity contribution < 1.29 is 4.74 Å². The van der Waals surface area contributed by atoms with Gasteiger partial charge in [0, 0.05) is 26.2 Å². The van der Waals surface area contributed by atoms with Crippen LogP contribution in [-0.2, 0) is 4.74 Å². The third kappa shape index (κ3) is 4.71. The highest BCUT2D eigenvalue weighted by atomic mass is 16.5. The molecule has 1 unspecified atom stereocenters. The molecule has 1 aliphatic carbocycles. The summed E-state index contributed by atoms with van der Waals surface area (Å²) in [5, 5.41) is 3.64. The maximum atomic E-state index is 5.83. The molecule has 20 heavy (non-hydrogen) atoms. The lowest BCUT2D eigenvalue weighted by Crippen LogP contribution is -2.50. The fraction of sp³-hybridized carbons (Fsp3) is 1.00. The summed E-state index contributed by atoms with van der Waals surface area (Å²) < 4.78 is 5.83. The van der Waals surface area contributed by atoms with Crippen LogP contribution in [0, 0.1) is 5.41 Å². The molecule has 2 fully saturated rings. The van der Waals surface area contributed by atoms with Crippen LogP contribution < -0.4 is 5.32 Å². The van der Waals surface area contributed by atoms with E-state index in [-0.39, 0.29) is 0 Å². The summed E-state index contributed by atoms with van der Waals surface area (Å²) in [6, 6.07) is 0. The van der Waals surface area contributed by atoms with E-state index < -0.39 is 0 Å². The first-order valence-corrected chi connectivity index (χ1v) is 8.83. The van der Waals surface area contributed by atoms with E-state index in [0.29, 0.717) is 11.5 Å². The normalized spacial score (nSPS) is 28.2. The molecule has 1 heterocycles. The zero-order valence-corrected chi connectivity index (χ0v) is 13.6. The van der Waals surface area contributed by atoms with E-state index in [2.05, 4.69) is 24.1 Å². The molecule has 0 radical (unpaired) electrons. The SMILES string of the molecule is CCNCC1(CN2CCOC(CC)C2)CCCCCC1. The Hall–Kier alpha value is -0.120. The molecular formula is C17H34N2O. The second-order valence-corrected chi connectivity index (χ2v) is 6.83. The van der Waals surface area contributed by atoms with Crippen LogP contribution in [-0.4, -0.2) is 50.3 Å². The van der Waals surface area contributed by atoms with E-state index in [1.807, 2.05) is 0 Å². The fourth-order valence-electron chi connectivity index (χ4n) is 3.90. The predicted molar refractivity (Wildman–Crippen MR) is 85.1 cm³/mol. The van der Waals surface area contributed by atoms with E-state index in [0.717, 1.165) is 32.7 Å². The lowest BCUT2D eigenvalue weighted by atomic mass is 9.79. The van der Waals surface area contributed by atoms with Crippen LogP contribution in [0.3, 0.4) is 0 Å². The number of hydrogen-bond acceptors (Lipinski definition) is 3. The molecule has 3 heteroatoms. The van der Waals surface area contributed by atoms with Gasteiger partial charge >= 0.3 is 0 Å². The van der Waals surface area contributed by atoms with Crippen molar-refractivity contribution in [3.05, 3.63) is 0 Å². The van der Waals surface area contributed by atoms with E-state index in [4.69, 9.17) is 4.74 Å². The molecule has 1 saturated carbocycles. The molecule has 0 amide bonds. The lowest BCUT2D eigenvalue weighted by molar-refractivity contribution is -0.0441. The van der Waals surface area contributed by atoms with Gasteiger partial charge < -0.3 is 10.1 Å². The summed E-state index contributed by atoms with van der Waals surface area (Å²) in [5.41, 5.74) is 0.516. The summed E-state index contributed by atoms with van der Waals surface area (Å²) in [6.07, 6.45) is 10.2. The van der Waals surface area contributed by atoms with E-state index in [9.17, 15) is 0 Å². The molecule has 0 aromatic heterocycles. The first kappa shape index (κ1) is 16.3. The van der Waals surface area contributed by atoms with Gasteiger partial charge in [-0.25, -0.2) is 0 Å². The molecule has 1 N–H and O–H groups in total. The van der Waals surface area contributed by atoms with Gasteiger partial charge in [0.1, 0.15) is 0 Å². The molecule has 118 valence electrons. The van der Waals surface area contributed by atoms with Crippen molar-refractivity contribution in [1.29, 1.82) is 0 Å². The second kappa shape index (κ2) is 8.35. The minimum Gasteiger partial charge on any atom is -0.376 e. The third-order valence-electron chi connectivity index (χ3n) is 5.15. The lowest BCUT2D eigenvalue weighted by Gasteiger charge is -2.41. The van der Waals surface area contributed by atoms with Gasteiger partial charge in [-0.3, -0.25) is 4.90 Å². The largest absolute Gasteiger partial charge is 0.376 e. The maximum absolute atomic E-state index is 5.83. The number of nitrogens with zero attached hydrogens (tertiary/aromatic N) is 1. The average Bonchev–Trinajstić information content (AvgIpc) is 2.71. The Morgan fingerprint density at radius 2 is 1.90 bits per heavy atom. The number of ether oxygens (including phenoxy) is 1. The number of morpholine rings is 1. The van der Waals surface area contributed by atoms with Crippen LogP contribution in [0.4, 0.5) is 0 Å². The van der Waals surface area contributed by atoms with Gasteiger partial charge in [0.2, 0.25) is 0 Å². The minimum absolute atomic E-state index is 0.464. The Bertz CT molecular complexity index is 262. The van der Waals surface area contributed by atoms with Crippen molar-refractivity contribution in [2.45, 2.75) is 64.9 Å². The summed E-state index contributed by atoms with van der Waals surface area (Å²) in [4.78, 5) is 2.68. The van der Waals surface area contributed by atoms with Crippen LogP contribution >= 0.6 is 0 Å². The topological polar surface area (TPSA) is 24.5 Å². The highest BCUT2D eigenvalue weighted by Crippen LogP contribution is 2.35. The van der Waals surface area contributed by atoms with Crippen LogP contribution in [0.2, 0.25) is 0 Å². The Labute approximate surface area is 125 Å². The van der Waals surface area contributed by atoms with Crippen LogP contribution in [0.15, 0.2) is 0 Å².